The molecule has 0 atom stereocenters. The second kappa shape index (κ2) is 6.34. The van der Waals surface area contributed by atoms with Crippen LogP contribution in [-0.4, -0.2) is 34.6 Å². The first-order valence-corrected chi connectivity index (χ1v) is 7.04. The fraction of sp³-hybridized carbons (Fsp3) is 0.786. The molecule has 1 aliphatic carbocycles. The number of rotatable bonds is 6. The van der Waals surface area contributed by atoms with Crippen molar-refractivity contribution in [1.82, 2.24) is 15.1 Å². The van der Waals surface area contributed by atoms with Gasteiger partial charge in [-0.25, -0.2) is 0 Å². The van der Waals surface area contributed by atoms with Crippen LogP contribution in [0.2, 0.25) is 0 Å². The van der Waals surface area contributed by atoms with Crippen molar-refractivity contribution < 1.29 is 5.11 Å². The van der Waals surface area contributed by atoms with E-state index in [-0.39, 0.29) is 5.41 Å². The molecular weight excluding hydrogens is 226 g/mol. The number of nitrogens with zero attached hydrogens (tertiary/aromatic N) is 2. The average molecular weight is 251 g/mol. The van der Waals surface area contributed by atoms with Crippen molar-refractivity contribution in [3.63, 3.8) is 0 Å². The third-order valence-corrected chi connectivity index (χ3v) is 4.08. The van der Waals surface area contributed by atoms with Gasteiger partial charge in [0.15, 0.2) is 0 Å². The number of hydrogen-bond acceptors (Lipinski definition) is 3. The summed E-state index contributed by atoms with van der Waals surface area (Å²) in [7, 11) is 1.94. The first-order chi connectivity index (χ1) is 8.74. The summed E-state index contributed by atoms with van der Waals surface area (Å²) in [5, 5.41) is 17.5. The second-order valence-electron chi connectivity index (χ2n) is 5.63. The Labute approximate surface area is 109 Å². The van der Waals surface area contributed by atoms with E-state index in [1.807, 2.05) is 17.9 Å². The molecule has 0 unspecified atom stereocenters. The van der Waals surface area contributed by atoms with Crippen molar-refractivity contribution >= 4 is 0 Å². The van der Waals surface area contributed by atoms with Crippen LogP contribution in [0, 0.1) is 5.41 Å². The minimum Gasteiger partial charge on any atom is -0.396 e. The molecule has 18 heavy (non-hydrogen) atoms. The molecule has 4 nitrogen and oxygen atoms in total. The van der Waals surface area contributed by atoms with E-state index in [1.165, 1.54) is 32.1 Å². The Balaban J connectivity index is 1.70. The normalized spacial score (nSPS) is 19.0. The molecule has 102 valence electrons. The predicted octanol–water partition coefficient (Wildman–Crippen LogP) is 1.49. The highest BCUT2D eigenvalue weighted by molar-refractivity contribution is 4.99. The lowest BCUT2D eigenvalue weighted by molar-refractivity contribution is 0.0816. The van der Waals surface area contributed by atoms with Gasteiger partial charge in [0.25, 0.3) is 0 Å². The van der Waals surface area contributed by atoms with Gasteiger partial charge in [0.2, 0.25) is 0 Å². The fourth-order valence-electron chi connectivity index (χ4n) is 2.86. The molecule has 0 aliphatic heterocycles. The molecular formula is C14H25N3O. The molecule has 2 rings (SSSR count). The maximum Gasteiger partial charge on any atom is 0.0637 e. The van der Waals surface area contributed by atoms with Gasteiger partial charge in [-0.2, -0.15) is 5.10 Å². The summed E-state index contributed by atoms with van der Waals surface area (Å²) in [5.41, 5.74) is 1.27. The van der Waals surface area contributed by atoms with Gasteiger partial charge in [0.05, 0.1) is 5.69 Å². The Kier molecular flexibility index (Phi) is 4.78. The van der Waals surface area contributed by atoms with Crippen LogP contribution in [0.25, 0.3) is 0 Å². The Hall–Kier alpha value is -0.870. The largest absolute Gasteiger partial charge is 0.396 e. The zero-order valence-corrected chi connectivity index (χ0v) is 11.4. The van der Waals surface area contributed by atoms with Crippen LogP contribution in [0.4, 0.5) is 0 Å². The Morgan fingerprint density at radius 3 is 2.78 bits per heavy atom. The summed E-state index contributed by atoms with van der Waals surface area (Å²) in [6, 6.07) is 2.06. The molecule has 0 saturated heterocycles. The minimum atomic E-state index is 0.141. The van der Waals surface area contributed by atoms with Crippen molar-refractivity contribution in [3.8, 4) is 0 Å². The molecule has 1 aromatic rings. The van der Waals surface area contributed by atoms with Crippen LogP contribution in [0.3, 0.4) is 0 Å². The van der Waals surface area contributed by atoms with Crippen molar-refractivity contribution in [2.24, 2.45) is 12.5 Å². The zero-order chi connectivity index (χ0) is 12.8. The fourth-order valence-corrected chi connectivity index (χ4v) is 2.86. The van der Waals surface area contributed by atoms with Crippen LogP contribution >= 0.6 is 0 Å². The number of aryl methyl sites for hydroxylation is 1. The summed E-state index contributed by atoms with van der Waals surface area (Å²) in [4.78, 5) is 0. The van der Waals surface area contributed by atoms with E-state index in [0.717, 1.165) is 25.2 Å². The molecule has 1 fully saturated rings. The third-order valence-electron chi connectivity index (χ3n) is 4.08. The van der Waals surface area contributed by atoms with Crippen molar-refractivity contribution in [2.75, 3.05) is 19.7 Å². The summed E-state index contributed by atoms with van der Waals surface area (Å²) in [5.74, 6) is 0. The van der Waals surface area contributed by atoms with Crippen LogP contribution in [0.5, 0.6) is 0 Å². The summed E-state index contributed by atoms with van der Waals surface area (Å²) in [6.45, 7) is 2.21. The van der Waals surface area contributed by atoms with Gasteiger partial charge < -0.3 is 10.4 Å². The van der Waals surface area contributed by atoms with Gasteiger partial charge >= 0.3 is 0 Å². The first-order valence-electron chi connectivity index (χ1n) is 7.04. The van der Waals surface area contributed by atoms with Gasteiger partial charge in [0.1, 0.15) is 0 Å². The molecule has 0 aromatic carbocycles. The summed E-state index contributed by atoms with van der Waals surface area (Å²) < 4.78 is 1.84. The smallest absolute Gasteiger partial charge is 0.0637 e. The van der Waals surface area contributed by atoms with Gasteiger partial charge in [-0.1, -0.05) is 19.3 Å². The Bertz CT molecular complexity index is 356. The third kappa shape index (κ3) is 3.56. The van der Waals surface area contributed by atoms with Crippen molar-refractivity contribution in [2.45, 2.75) is 38.5 Å². The molecule has 0 bridgehead atoms. The van der Waals surface area contributed by atoms with Gasteiger partial charge in [-0.15, -0.1) is 0 Å². The molecule has 0 radical (unpaired) electrons. The van der Waals surface area contributed by atoms with Crippen LogP contribution in [0.1, 0.15) is 37.8 Å². The number of aromatic nitrogens is 2. The van der Waals surface area contributed by atoms with Crippen molar-refractivity contribution in [3.05, 3.63) is 18.0 Å². The summed E-state index contributed by atoms with van der Waals surface area (Å²) in [6.07, 6.45) is 9.13. The molecule has 1 aliphatic rings. The quantitative estimate of drug-likeness (QED) is 0.753. The molecule has 1 saturated carbocycles. The maximum absolute atomic E-state index is 9.61. The highest BCUT2D eigenvalue weighted by Gasteiger charge is 2.30. The van der Waals surface area contributed by atoms with E-state index < -0.39 is 0 Å². The number of nitrogens with one attached hydrogen (secondary N) is 1. The Morgan fingerprint density at radius 1 is 1.39 bits per heavy atom. The average Bonchev–Trinajstić information content (AvgIpc) is 2.82. The second-order valence-corrected chi connectivity index (χ2v) is 5.63. The topological polar surface area (TPSA) is 50.1 Å². The zero-order valence-electron chi connectivity index (χ0n) is 11.4. The highest BCUT2D eigenvalue weighted by Crippen LogP contribution is 2.35. The van der Waals surface area contributed by atoms with E-state index in [4.69, 9.17) is 0 Å². The SMILES string of the molecule is Cn1ccc(CCNCC2(CO)CCCCC2)n1. The molecule has 0 spiro atoms. The number of aliphatic hydroxyl groups is 1. The van der Waals surface area contributed by atoms with Gasteiger partial charge in [0, 0.05) is 44.8 Å². The van der Waals surface area contributed by atoms with Gasteiger partial charge in [-0.05, 0) is 18.9 Å². The lowest BCUT2D eigenvalue weighted by atomic mass is 9.74. The van der Waals surface area contributed by atoms with Crippen LogP contribution in [0.15, 0.2) is 12.3 Å². The van der Waals surface area contributed by atoms with Crippen LogP contribution < -0.4 is 5.32 Å². The monoisotopic (exact) mass is 251 g/mol. The molecule has 0 amide bonds. The predicted molar refractivity (Wildman–Crippen MR) is 72.4 cm³/mol. The highest BCUT2D eigenvalue weighted by atomic mass is 16.3. The van der Waals surface area contributed by atoms with Crippen molar-refractivity contribution in [1.29, 1.82) is 0 Å². The maximum atomic E-state index is 9.61. The molecule has 4 heteroatoms. The molecule has 1 aromatic heterocycles. The molecule has 2 N–H and O–H groups in total. The van der Waals surface area contributed by atoms with E-state index in [2.05, 4.69) is 16.5 Å². The van der Waals surface area contributed by atoms with Gasteiger partial charge in [-0.3, -0.25) is 4.68 Å². The Morgan fingerprint density at radius 2 is 2.17 bits per heavy atom. The van der Waals surface area contributed by atoms with E-state index in [9.17, 15) is 5.11 Å². The van der Waals surface area contributed by atoms with E-state index >= 15 is 0 Å². The van der Waals surface area contributed by atoms with E-state index in [0.29, 0.717) is 6.61 Å². The summed E-state index contributed by atoms with van der Waals surface area (Å²) >= 11 is 0. The number of aliphatic hydroxyl groups excluding tert-OH is 1. The minimum absolute atomic E-state index is 0.141. The van der Waals surface area contributed by atoms with Crippen LogP contribution in [-0.2, 0) is 13.5 Å². The standard InChI is InChI=1S/C14H25N3O/c1-17-10-6-13(16-17)5-9-15-11-14(12-18)7-3-2-4-8-14/h6,10,15,18H,2-5,7-9,11-12H2,1H3. The first kappa shape index (κ1) is 13.6. The van der Waals surface area contributed by atoms with E-state index in [1.54, 1.807) is 0 Å². The lowest BCUT2D eigenvalue weighted by Crippen LogP contribution is -2.39. The molecule has 1 heterocycles. The lowest BCUT2D eigenvalue weighted by Gasteiger charge is -2.35. The number of hydrogen-bond donors (Lipinski definition) is 2.